The number of halogens is 1. The van der Waals surface area contributed by atoms with E-state index in [2.05, 4.69) is 14.9 Å². The quantitative estimate of drug-likeness (QED) is 0.789. The lowest BCUT2D eigenvalue weighted by Gasteiger charge is -2.09. The van der Waals surface area contributed by atoms with Gasteiger partial charge in [-0.3, -0.25) is 0 Å². The first-order chi connectivity index (χ1) is 8.78. The average molecular weight is 263 g/mol. The molecule has 2 aromatic heterocycles. The largest absolute Gasteiger partial charge is 0.459 e. The first-order valence-corrected chi connectivity index (χ1v) is 6.19. The number of aromatic nitrogens is 2. The van der Waals surface area contributed by atoms with Crippen molar-refractivity contribution in [2.24, 2.45) is 0 Å². The summed E-state index contributed by atoms with van der Waals surface area (Å²) in [6, 6.07) is 6.20. The van der Waals surface area contributed by atoms with Crippen molar-refractivity contribution in [3.05, 3.63) is 46.9 Å². The van der Waals surface area contributed by atoms with Gasteiger partial charge in [-0.1, -0.05) is 4.49 Å². The lowest BCUT2D eigenvalue weighted by molar-refractivity contribution is 0.494. The maximum atomic E-state index is 13.1. The van der Waals surface area contributed by atoms with Gasteiger partial charge in [0.1, 0.15) is 23.2 Å². The molecule has 0 fully saturated rings. The lowest BCUT2D eigenvalue weighted by Crippen LogP contribution is -2.15. The Hall–Kier alpha value is -1.79. The molecule has 0 aliphatic heterocycles. The third kappa shape index (κ3) is 1.89. The normalized spacial score (nSPS) is 13.0. The molecule has 0 aliphatic carbocycles. The first kappa shape index (κ1) is 11.3. The Labute approximate surface area is 107 Å². The summed E-state index contributed by atoms with van der Waals surface area (Å²) < 4.78 is 22.7. The van der Waals surface area contributed by atoms with Gasteiger partial charge in [0.05, 0.1) is 11.1 Å². The Bertz CT molecular complexity index is 665. The van der Waals surface area contributed by atoms with Gasteiger partial charge in [0, 0.05) is 5.39 Å². The second kappa shape index (κ2) is 4.47. The summed E-state index contributed by atoms with van der Waals surface area (Å²) in [4.78, 5) is 0.956. The number of hydrogen-bond donors (Lipinski definition) is 1. The van der Waals surface area contributed by atoms with Crippen molar-refractivity contribution >= 4 is 22.5 Å². The van der Waals surface area contributed by atoms with E-state index in [0.29, 0.717) is 5.58 Å². The Morgan fingerprint density at radius 3 is 3.00 bits per heavy atom. The standard InChI is InChI=1S/C12H10FN3OS/c1-14-12(11-6-15-16-18-11)10-5-7-4-8(13)2-3-9(7)17-10/h2-6,12,14H,1H3. The molecule has 1 N–H and O–H groups in total. The smallest absolute Gasteiger partial charge is 0.134 e. The van der Waals surface area contributed by atoms with Crippen molar-refractivity contribution in [3.63, 3.8) is 0 Å². The molecule has 0 saturated carbocycles. The van der Waals surface area contributed by atoms with Crippen LogP contribution in [0, 0.1) is 5.82 Å². The van der Waals surface area contributed by atoms with Crippen molar-refractivity contribution in [2.45, 2.75) is 6.04 Å². The molecule has 4 nitrogen and oxygen atoms in total. The molecule has 18 heavy (non-hydrogen) atoms. The van der Waals surface area contributed by atoms with Gasteiger partial charge in [0.25, 0.3) is 0 Å². The summed E-state index contributed by atoms with van der Waals surface area (Å²) in [6.45, 7) is 0. The Balaban J connectivity index is 2.07. The summed E-state index contributed by atoms with van der Waals surface area (Å²) in [5.41, 5.74) is 0.670. The maximum absolute atomic E-state index is 13.1. The molecule has 0 saturated heterocycles. The van der Waals surface area contributed by atoms with Crippen molar-refractivity contribution in [2.75, 3.05) is 7.05 Å². The second-order valence-corrected chi connectivity index (χ2v) is 4.69. The van der Waals surface area contributed by atoms with Crippen LogP contribution < -0.4 is 5.32 Å². The fourth-order valence-corrected chi connectivity index (χ4v) is 2.53. The molecule has 92 valence electrons. The number of furan rings is 1. The fourth-order valence-electron chi connectivity index (χ4n) is 1.90. The van der Waals surface area contributed by atoms with Gasteiger partial charge in [-0.25, -0.2) is 4.39 Å². The summed E-state index contributed by atoms with van der Waals surface area (Å²) in [7, 11) is 1.83. The number of benzene rings is 1. The second-order valence-electron chi connectivity index (χ2n) is 3.87. The van der Waals surface area contributed by atoms with E-state index in [1.54, 1.807) is 12.3 Å². The van der Waals surface area contributed by atoms with Crippen LogP contribution in [0.3, 0.4) is 0 Å². The van der Waals surface area contributed by atoms with Crippen LogP contribution >= 0.6 is 11.5 Å². The third-order valence-corrected chi connectivity index (χ3v) is 3.46. The van der Waals surface area contributed by atoms with E-state index in [0.717, 1.165) is 16.0 Å². The predicted octanol–water partition coefficient (Wildman–Crippen LogP) is 2.73. The monoisotopic (exact) mass is 263 g/mol. The minimum absolute atomic E-state index is 0.111. The van der Waals surface area contributed by atoms with Crippen LogP contribution in [0.1, 0.15) is 16.7 Å². The van der Waals surface area contributed by atoms with E-state index in [4.69, 9.17) is 4.42 Å². The van der Waals surface area contributed by atoms with Crippen LogP contribution in [0.25, 0.3) is 11.0 Å². The molecule has 0 amide bonds. The molecule has 3 aromatic rings. The molecule has 1 aromatic carbocycles. The van der Waals surface area contributed by atoms with E-state index in [-0.39, 0.29) is 11.9 Å². The van der Waals surface area contributed by atoms with E-state index >= 15 is 0 Å². The lowest BCUT2D eigenvalue weighted by atomic mass is 10.2. The minimum Gasteiger partial charge on any atom is -0.459 e. The van der Waals surface area contributed by atoms with E-state index in [9.17, 15) is 4.39 Å². The minimum atomic E-state index is -0.268. The van der Waals surface area contributed by atoms with Crippen LogP contribution in [-0.2, 0) is 0 Å². The van der Waals surface area contributed by atoms with Crippen LogP contribution in [-0.4, -0.2) is 16.6 Å². The van der Waals surface area contributed by atoms with E-state index in [1.807, 2.05) is 13.1 Å². The van der Waals surface area contributed by atoms with Crippen molar-refractivity contribution in [3.8, 4) is 0 Å². The molecule has 0 aliphatic rings. The highest BCUT2D eigenvalue weighted by molar-refractivity contribution is 7.05. The van der Waals surface area contributed by atoms with Crippen molar-refractivity contribution in [1.82, 2.24) is 14.9 Å². The number of hydrogen-bond acceptors (Lipinski definition) is 5. The maximum Gasteiger partial charge on any atom is 0.134 e. The summed E-state index contributed by atoms with van der Waals surface area (Å²) >= 11 is 1.31. The van der Waals surface area contributed by atoms with Gasteiger partial charge in [-0.05, 0) is 42.8 Å². The Kier molecular flexibility index (Phi) is 2.81. The van der Waals surface area contributed by atoms with Crippen LogP contribution in [0.4, 0.5) is 4.39 Å². The third-order valence-electron chi connectivity index (χ3n) is 2.73. The van der Waals surface area contributed by atoms with Crippen LogP contribution in [0.2, 0.25) is 0 Å². The highest BCUT2D eigenvalue weighted by Crippen LogP contribution is 2.29. The molecule has 6 heteroatoms. The number of rotatable bonds is 3. The molecular formula is C12H10FN3OS. The van der Waals surface area contributed by atoms with Gasteiger partial charge in [0.2, 0.25) is 0 Å². The molecular weight excluding hydrogens is 253 g/mol. The van der Waals surface area contributed by atoms with Crippen molar-refractivity contribution in [1.29, 1.82) is 0 Å². The van der Waals surface area contributed by atoms with E-state index < -0.39 is 0 Å². The Morgan fingerprint density at radius 2 is 2.28 bits per heavy atom. The van der Waals surface area contributed by atoms with Gasteiger partial charge in [-0.2, -0.15) is 0 Å². The topological polar surface area (TPSA) is 51.0 Å². The summed E-state index contributed by atoms with van der Waals surface area (Å²) in [6.07, 6.45) is 1.69. The number of fused-ring (bicyclic) bond motifs is 1. The number of nitrogens with zero attached hydrogens (tertiary/aromatic N) is 2. The number of nitrogens with one attached hydrogen (secondary N) is 1. The summed E-state index contributed by atoms with van der Waals surface area (Å²) in [5, 5.41) is 7.70. The van der Waals surface area contributed by atoms with E-state index in [1.165, 1.54) is 23.7 Å². The fraction of sp³-hybridized carbons (Fsp3) is 0.167. The molecule has 0 radical (unpaired) electrons. The van der Waals surface area contributed by atoms with Gasteiger partial charge in [0.15, 0.2) is 0 Å². The van der Waals surface area contributed by atoms with Crippen LogP contribution in [0.15, 0.2) is 34.9 Å². The van der Waals surface area contributed by atoms with Crippen LogP contribution in [0.5, 0.6) is 0 Å². The van der Waals surface area contributed by atoms with Gasteiger partial charge < -0.3 is 9.73 Å². The molecule has 2 heterocycles. The molecule has 1 unspecified atom stereocenters. The zero-order valence-corrected chi connectivity index (χ0v) is 10.4. The van der Waals surface area contributed by atoms with Gasteiger partial charge >= 0.3 is 0 Å². The zero-order chi connectivity index (χ0) is 12.5. The first-order valence-electron chi connectivity index (χ1n) is 5.41. The van der Waals surface area contributed by atoms with Gasteiger partial charge in [-0.15, -0.1) is 5.10 Å². The van der Waals surface area contributed by atoms with Crippen molar-refractivity contribution < 1.29 is 8.81 Å². The predicted molar refractivity (Wildman–Crippen MR) is 67.0 cm³/mol. The molecule has 0 bridgehead atoms. The SMILES string of the molecule is CNC(c1cc2cc(F)ccc2o1)c1cnns1. The zero-order valence-electron chi connectivity index (χ0n) is 9.55. The molecule has 1 atom stereocenters. The average Bonchev–Trinajstić information content (AvgIpc) is 2.98. The molecule has 3 rings (SSSR count). The highest BCUT2D eigenvalue weighted by Gasteiger charge is 2.18. The molecule has 0 spiro atoms. The highest BCUT2D eigenvalue weighted by atomic mass is 32.1. The Morgan fingerprint density at radius 1 is 1.39 bits per heavy atom. The summed E-state index contributed by atoms with van der Waals surface area (Å²) in [5.74, 6) is 0.458.